The number of halogens is 1. The van der Waals surface area contributed by atoms with Gasteiger partial charge < -0.3 is 10.2 Å². The molecule has 8 heteroatoms. The van der Waals surface area contributed by atoms with Crippen molar-refractivity contribution in [2.75, 3.05) is 20.1 Å². The lowest BCUT2D eigenvalue weighted by Gasteiger charge is -2.30. The summed E-state index contributed by atoms with van der Waals surface area (Å²) in [4.78, 5) is 15.1. The van der Waals surface area contributed by atoms with Crippen LogP contribution in [0.2, 0.25) is 0 Å². The van der Waals surface area contributed by atoms with E-state index in [2.05, 4.69) is 14.9 Å². The molecule has 0 aromatic heterocycles. The molecule has 1 saturated heterocycles. The Bertz CT molecular complexity index is 912. The summed E-state index contributed by atoms with van der Waals surface area (Å²) in [5, 5.41) is 2.99. The number of nitrogens with one attached hydrogen (secondary N) is 2. The SMILES string of the molecule is CN1CCC(NC(=O)[C@H](Cc2ccccc2)NS(=O)(=O)c2ccc(F)cc2)CC1. The lowest BCUT2D eigenvalue weighted by Crippen LogP contribution is -2.52. The minimum atomic E-state index is -3.98. The Hall–Kier alpha value is -2.29. The Morgan fingerprint density at radius 1 is 1.10 bits per heavy atom. The van der Waals surface area contributed by atoms with Crippen LogP contribution in [0, 0.1) is 5.82 Å². The monoisotopic (exact) mass is 419 g/mol. The first kappa shape index (κ1) is 21.4. The standard InChI is InChI=1S/C21H26FN3O3S/c1-25-13-11-18(12-14-25)23-21(26)20(15-16-5-3-2-4-6-16)24-29(27,28)19-9-7-17(22)8-10-19/h2-10,18,20,24H,11-15H2,1H3,(H,23,26)/t20-/m0/s1. The van der Waals surface area contributed by atoms with E-state index >= 15 is 0 Å². The van der Waals surface area contributed by atoms with Crippen molar-refractivity contribution in [3.05, 3.63) is 66.0 Å². The number of rotatable bonds is 7. The number of sulfonamides is 1. The average Bonchev–Trinajstić information content (AvgIpc) is 2.70. The number of nitrogens with zero attached hydrogens (tertiary/aromatic N) is 1. The zero-order chi connectivity index (χ0) is 20.9. The first-order valence-corrected chi connectivity index (χ1v) is 11.1. The maximum Gasteiger partial charge on any atom is 0.241 e. The fourth-order valence-electron chi connectivity index (χ4n) is 3.36. The van der Waals surface area contributed by atoms with Crippen molar-refractivity contribution in [2.45, 2.75) is 36.2 Å². The maximum absolute atomic E-state index is 13.2. The first-order chi connectivity index (χ1) is 13.8. The molecule has 1 aliphatic heterocycles. The van der Waals surface area contributed by atoms with Crippen molar-refractivity contribution in [1.82, 2.24) is 14.9 Å². The molecule has 2 N–H and O–H groups in total. The molecular weight excluding hydrogens is 393 g/mol. The molecule has 2 aromatic rings. The van der Waals surface area contributed by atoms with Gasteiger partial charge in [0.05, 0.1) is 4.90 Å². The smallest absolute Gasteiger partial charge is 0.241 e. The van der Waals surface area contributed by atoms with Gasteiger partial charge in [0, 0.05) is 6.04 Å². The molecule has 1 atom stereocenters. The molecule has 0 saturated carbocycles. The minimum Gasteiger partial charge on any atom is -0.352 e. The van der Waals surface area contributed by atoms with Gasteiger partial charge in [-0.25, -0.2) is 12.8 Å². The van der Waals surface area contributed by atoms with Crippen molar-refractivity contribution in [3.63, 3.8) is 0 Å². The van der Waals surface area contributed by atoms with E-state index in [1.54, 1.807) is 0 Å². The highest BCUT2D eigenvalue weighted by Crippen LogP contribution is 2.14. The maximum atomic E-state index is 13.2. The highest BCUT2D eigenvalue weighted by Gasteiger charge is 2.28. The van der Waals surface area contributed by atoms with Gasteiger partial charge in [-0.2, -0.15) is 4.72 Å². The molecule has 156 valence electrons. The van der Waals surface area contributed by atoms with Crippen LogP contribution in [0.3, 0.4) is 0 Å². The summed E-state index contributed by atoms with van der Waals surface area (Å²) in [5.74, 6) is -0.876. The van der Waals surface area contributed by atoms with E-state index in [-0.39, 0.29) is 23.3 Å². The van der Waals surface area contributed by atoms with Gasteiger partial charge in [-0.1, -0.05) is 30.3 Å². The van der Waals surface area contributed by atoms with E-state index in [1.807, 2.05) is 37.4 Å². The van der Waals surface area contributed by atoms with Crippen molar-refractivity contribution in [2.24, 2.45) is 0 Å². The van der Waals surface area contributed by atoms with Crippen LogP contribution < -0.4 is 10.0 Å². The van der Waals surface area contributed by atoms with Crippen LogP contribution in [0.15, 0.2) is 59.5 Å². The number of hydrogen-bond donors (Lipinski definition) is 2. The van der Waals surface area contributed by atoms with Gasteiger partial charge in [0.2, 0.25) is 15.9 Å². The van der Waals surface area contributed by atoms with Crippen LogP contribution in [0.5, 0.6) is 0 Å². The molecule has 6 nitrogen and oxygen atoms in total. The fourth-order valence-corrected chi connectivity index (χ4v) is 4.56. The Morgan fingerprint density at radius 2 is 1.72 bits per heavy atom. The fraction of sp³-hybridized carbons (Fsp3) is 0.381. The van der Waals surface area contributed by atoms with Crippen LogP contribution >= 0.6 is 0 Å². The largest absolute Gasteiger partial charge is 0.352 e. The van der Waals surface area contributed by atoms with E-state index in [0.29, 0.717) is 0 Å². The molecular formula is C21H26FN3O3S. The van der Waals surface area contributed by atoms with Gasteiger partial charge in [0.25, 0.3) is 0 Å². The van der Waals surface area contributed by atoms with Crippen LogP contribution in [-0.2, 0) is 21.2 Å². The summed E-state index contributed by atoms with van der Waals surface area (Å²) in [5.41, 5.74) is 0.845. The summed E-state index contributed by atoms with van der Waals surface area (Å²) < 4.78 is 41.2. The molecule has 1 fully saturated rings. The summed E-state index contributed by atoms with van der Waals surface area (Å²) in [6, 6.07) is 12.8. The molecule has 3 rings (SSSR count). The minimum absolute atomic E-state index is 0.0206. The van der Waals surface area contributed by atoms with Crippen LogP contribution in [0.4, 0.5) is 4.39 Å². The van der Waals surface area contributed by atoms with E-state index in [0.717, 1.165) is 43.6 Å². The number of carbonyl (C=O) groups is 1. The molecule has 29 heavy (non-hydrogen) atoms. The van der Waals surface area contributed by atoms with E-state index in [9.17, 15) is 17.6 Å². The summed E-state index contributed by atoms with van der Waals surface area (Å²) >= 11 is 0. The summed E-state index contributed by atoms with van der Waals surface area (Å²) in [7, 11) is -1.94. The Kier molecular flexibility index (Phi) is 7.00. The number of benzene rings is 2. The highest BCUT2D eigenvalue weighted by atomic mass is 32.2. The third-order valence-electron chi connectivity index (χ3n) is 5.09. The van der Waals surface area contributed by atoms with Crippen LogP contribution in [0.25, 0.3) is 0 Å². The van der Waals surface area contributed by atoms with Gasteiger partial charge in [-0.15, -0.1) is 0 Å². The lowest BCUT2D eigenvalue weighted by molar-refractivity contribution is -0.123. The number of hydrogen-bond acceptors (Lipinski definition) is 4. The molecule has 0 unspecified atom stereocenters. The third kappa shape index (κ3) is 6.09. The zero-order valence-corrected chi connectivity index (χ0v) is 17.2. The summed E-state index contributed by atoms with van der Waals surface area (Å²) in [6.07, 6.45) is 1.87. The molecule has 1 aliphatic rings. The predicted octanol–water partition coefficient (Wildman–Crippen LogP) is 1.93. The van der Waals surface area contributed by atoms with Gasteiger partial charge in [-0.3, -0.25) is 4.79 Å². The summed E-state index contributed by atoms with van der Waals surface area (Å²) in [6.45, 7) is 1.77. The van der Waals surface area contributed by atoms with E-state index < -0.39 is 21.9 Å². The molecule has 1 amide bonds. The quantitative estimate of drug-likeness (QED) is 0.719. The predicted molar refractivity (Wildman–Crippen MR) is 109 cm³/mol. The molecule has 0 bridgehead atoms. The van der Waals surface area contributed by atoms with Crippen molar-refractivity contribution in [1.29, 1.82) is 0 Å². The van der Waals surface area contributed by atoms with E-state index in [4.69, 9.17) is 0 Å². The molecule has 2 aromatic carbocycles. The van der Waals surface area contributed by atoms with E-state index in [1.165, 1.54) is 12.1 Å². The zero-order valence-electron chi connectivity index (χ0n) is 16.3. The second-order valence-electron chi connectivity index (χ2n) is 7.40. The topological polar surface area (TPSA) is 78.5 Å². The number of carbonyl (C=O) groups excluding carboxylic acids is 1. The average molecular weight is 420 g/mol. The van der Waals surface area contributed by atoms with Gasteiger partial charge >= 0.3 is 0 Å². The van der Waals surface area contributed by atoms with Crippen molar-refractivity contribution in [3.8, 4) is 0 Å². The third-order valence-corrected chi connectivity index (χ3v) is 6.57. The second kappa shape index (κ2) is 9.47. The van der Waals surface area contributed by atoms with Gasteiger partial charge in [0.1, 0.15) is 11.9 Å². The molecule has 1 heterocycles. The Labute approximate surface area is 171 Å². The van der Waals surface area contributed by atoms with Crippen LogP contribution in [-0.4, -0.2) is 51.4 Å². The first-order valence-electron chi connectivity index (χ1n) is 9.64. The number of likely N-dealkylation sites (tertiary alicyclic amines) is 1. The van der Waals surface area contributed by atoms with Gasteiger partial charge in [-0.05, 0) is 69.2 Å². The van der Waals surface area contributed by atoms with Crippen molar-refractivity contribution < 1.29 is 17.6 Å². The Balaban J connectivity index is 1.76. The molecule has 0 spiro atoms. The molecule has 0 aliphatic carbocycles. The Morgan fingerprint density at radius 3 is 2.34 bits per heavy atom. The highest BCUT2D eigenvalue weighted by molar-refractivity contribution is 7.89. The lowest BCUT2D eigenvalue weighted by atomic mass is 10.0. The second-order valence-corrected chi connectivity index (χ2v) is 9.12. The van der Waals surface area contributed by atoms with Crippen LogP contribution in [0.1, 0.15) is 18.4 Å². The number of amides is 1. The van der Waals surface area contributed by atoms with Crippen molar-refractivity contribution >= 4 is 15.9 Å². The normalized spacial score (nSPS) is 17.0. The molecule has 0 radical (unpaired) electrons. The number of piperidine rings is 1. The van der Waals surface area contributed by atoms with Gasteiger partial charge in [0.15, 0.2) is 0 Å².